The monoisotopic (exact) mass is 346 g/mol. The molecule has 1 heterocycles. The molecule has 6 heteroatoms. The van der Waals surface area contributed by atoms with Gasteiger partial charge in [0.15, 0.2) is 0 Å². The van der Waals surface area contributed by atoms with Gasteiger partial charge in [0, 0.05) is 17.3 Å². The fourth-order valence-corrected chi connectivity index (χ4v) is 3.22. The van der Waals surface area contributed by atoms with Crippen molar-refractivity contribution in [3.63, 3.8) is 0 Å². The van der Waals surface area contributed by atoms with E-state index in [2.05, 4.69) is 10.3 Å². The molecule has 23 heavy (non-hydrogen) atoms. The zero-order chi connectivity index (χ0) is 16.4. The molecule has 3 rings (SSSR count). The Balaban J connectivity index is 1.76. The Hall–Kier alpha value is -2.24. The zero-order valence-corrected chi connectivity index (χ0v) is 13.7. The first-order valence-corrected chi connectivity index (χ1v) is 8.02. The average molecular weight is 347 g/mol. The van der Waals surface area contributed by atoms with Gasteiger partial charge in [0.25, 0.3) is 0 Å². The van der Waals surface area contributed by atoms with Crippen molar-refractivity contribution >= 4 is 50.8 Å². The molecule has 3 aromatic rings. The summed E-state index contributed by atoms with van der Waals surface area (Å²) < 4.78 is 14.6. The molecule has 0 bridgehead atoms. The Morgan fingerprint density at radius 3 is 2.96 bits per heavy atom. The molecule has 0 atom stereocenters. The standard InChI is InChI=1S/C17H12ClFN2OS/c1-10-20-15-7-5-11(9-16(15)23-10)21-17(22)8-6-12-13(18)3-2-4-14(12)19/h2-9H,1H3,(H,21,22)/b8-6+. The quantitative estimate of drug-likeness (QED) is 0.674. The number of carbonyl (C=O) groups excluding carboxylic acids is 1. The van der Waals surface area contributed by atoms with Gasteiger partial charge in [0.2, 0.25) is 5.91 Å². The van der Waals surface area contributed by atoms with Crippen molar-refractivity contribution in [2.24, 2.45) is 0 Å². The van der Waals surface area contributed by atoms with Crippen LogP contribution in [0.3, 0.4) is 0 Å². The Morgan fingerprint density at radius 2 is 2.17 bits per heavy atom. The van der Waals surface area contributed by atoms with Crippen LogP contribution < -0.4 is 5.32 Å². The first-order chi connectivity index (χ1) is 11.0. The van der Waals surface area contributed by atoms with Gasteiger partial charge in [0.1, 0.15) is 5.82 Å². The molecular weight excluding hydrogens is 335 g/mol. The molecule has 0 fully saturated rings. The van der Waals surface area contributed by atoms with Crippen molar-refractivity contribution in [2.45, 2.75) is 6.92 Å². The van der Waals surface area contributed by atoms with Crippen LogP contribution in [0.15, 0.2) is 42.5 Å². The topological polar surface area (TPSA) is 42.0 Å². The van der Waals surface area contributed by atoms with Crippen LogP contribution in [0.1, 0.15) is 10.6 Å². The third-order valence-corrected chi connectivity index (χ3v) is 4.43. The molecule has 0 saturated carbocycles. The van der Waals surface area contributed by atoms with E-state index in [4.69, 9.17) is 11.6 Å². The van der Waals surface area contributed by atoms with Crippen LogP contribution in [0.5, 0.6) is 0 Å². The Kier molecular flexibility index (Phi) is 4.41. The highest BCUT2D eigenvalue weighted by atomic mass is 35.5. The lowest BCUT2D eigenvalue weighted by atomic mass is 10.2. The molecule has 1 amide bonds. The lowest BCUT2D eigenvalue weighted by Crippen LogP contribution is -2.07. The van der Waals surface area contributed by atoms with Crippen molar-refractivity contribution in [3.05, 3.63) is 63.9 Å². The van der Waals surface area contributed by atoms with Gasteiger partial charge in [0.05, 0.1) is 20.2 Å². The highest BCUT2D eigenvalue weighted by Crippen LogP contribution is 2.25. The second-order valence-corrected chi connectivity index (χ2v) is 6.52. The Bertz CT molecular complexity index is 900. The number of fused-ring (bicyclic) bond motifs is 1. The second kappa shape index (κ2) is 6.48. The second-order valence-electron chi connectivity index (χ2n) is 4.87. The number of aryl methyl sites for hydroxylation is 1. The van der Waals surface area contributed by atoms with E-state index in [1.165, 1.54) is 24.3 Å². The van der Waals surface area contributed by atoms with Gasteiger partial charge in [-0.1, -0.05) is 17.7 Å². The van der Waals surface area contributed by atoms with Crippen LogP contribution in [0, 0.1) is 12.7 Å². The van der Waals surface area contributed by atoms with Crippen molar-refractivity contribution < 1.29 is 9.18 Å². The van der Waals surface area contributed by atoms with Crippen LogP contribution in [-0.2, 0) is 4.79 Å². The van der Waals surface area contributed by atoms with E-state index in [1.54, 1.807) is 23.5 Å². The number of anilines is 1. The predicted octanol–water partition coefficient (Wildman–Crippen LogP) is 5.05. The summed E-state index contributed by atoms with van der Waals surface area (Å²) in [5.74, 6) is -0.826. The van der Waals surface area contributed by atoms with Gasteiger partial charge in [-0.05, 0) is 43.3 Å². The van der Waals surface area contributed by atoms with Crippen molar-refractivity contribution in [1.29, 1.82) is 0 Å². The van der Waals surface area contributed by atoms with Crippen molar-refractivity contribution in [1.82, 2.24) is 4.98 Å². The van der Waals surface area contributed by atoms with Gasteiger partial charge < -0.3 is 5.32 Å². The van der Waals surface area contributed by atoms with Gasteiger partial charge in [-0.25, -0.2) is 9.37 Å². The highest BCUT2D eigenvalue weighted by Gasteiger charge is 2.06. The predicted molar refractivity (Wildman–Crippen MR) is 93.4 cm³/mol. The number of nitrogens with zero attached hydrogens (tertiary/aromatic N) is 1. The number of thiazole rings is 1. The lowest BCUT2D eigenvalue weighted by molar-refractivity contribution is -0.111. The third kappa shape index (κ3) is 3.57. The van der Waals surface area contributed by atoms with E-state index in [-0.39, 0.29) is 16.5 Å². The number of halogens is 2. The van der Waals surface area contributed by atoms with Crippen molar-refractivity contribution in [3.8, 4) is 0 Å². The molecule has 1 N–H and O–H groups in total. The number of carbonyl (C=O) groups is 1. The van der Waals surface area contributed by atoms with Crippen LogP contribution in [0.4, 0.5) is 10.1 Å². The number of hydrogen-bond donors (Lipinski definition) is 1. The fraction of sp³-hybridized carbons (Fsp3) is 0.0588. The number of hydrogen-bond acceptors (Lipinski definition) is 3. The van der Waals surface area contributed by atoms with E-state index in [0.717, 1.165) is 15.2 Å². The number of aromatic nitrogens is 1. The molecule has 0 radical (unpaired) electrons. The molecule has 0 saturated heterocycles. The van der Waals surface area contributed by atoms with Crippen molar-refractivity contribution in [2.75, 3.05) is 5.32 Å². The number of rotatable bonds is 3. The largest absolute Gasteiger partial charge is 0.322 e. The van der Waals surface area contributed by atoms with Crippen LogP contribution >= 0.6 is 22.9 Å². The maximum Gasteiger partial charge on any atom is 0.248 e. The SMILES string of the molecule is Cc1nc2ccc(NC(=O)/C=C/c3c(F)cccc3Cl)cc2s1. The lowest BCUT2D eigenvalue weighted by Gasteiger charge is -2.02. The van der Waals surface area contributed by atoms with Crippen LogP contribution in [0.2, 0.25) is 5.02 Å². The minimum absolute atomic E-state index is 0.192. The smallest absolute Gasteiger partial charge is 0.248 e. The fourth-order valence-electron chi connectivity index (χ4n) is 2.13. The molecule has 0 aliphatic rings. The first-order valence-electron chi connectivity index (χ1n) is 6.83. The van der Waals surface area contributed by atoms with E-state index in [9.17, 15) is 9.18 Å². The minimum Gasteiger partial charge on any atom is -0.322 e. The van der Waals surface area contributed by atoms with Gasteiger partial charge in [-0.3, -0.25) is 4.79 Å². The molecule has 2 aromatic carbocycles. The van der Waals surface area contributed by atoms with Gasteiger partial charge in [-0.2, -0.15) is 0 Å². The maximum atomic E-state index is 13.6. The maximum absolute atomic E-state index is 13.6. The molecule has 3 nitrogen and oxygen atoms in total. The van der Waals surface area contributed by atoms with E-state index < -0.39 is 5.82 Å². The zero-order valence-electron chi connectivity index (χ0n) is 12.1. The average Bonchev–Trinajstić information content (AvgIpc) is 2.86. The summed E-state index contributed by atoms with van der Waals surface area (Å²) in [6.45, 7) is 1.93. The normalized spacial score (nSPS) is 11.3. The summed E-state index contributed by atoms with van der Waals surface area (Å²) in [4.78, 5) is 16.3. The summed E-state index contributed by atoms with van der Waals surface area (Å²) in [6.07, 6.45) is 2.62. The summed E-state index contributed by atoms with van der Waals surface area (Å²) in [6, 6.07) is 9.88. The number of benzene rings is 2. The van der Waals surface area contributed by atoms with E-state index in [1.807, 2.05) is 19.1 Å². The summed E-state index contributed by atoms with van der Waals surface area (Å²) in [7, 11) is 0. The molecule has 0 unspecified atom stereocenters. The number of amides is 1. The molecule has 0 spiro atoms. The van der Waals surface area contributed by atoms with E-state index >= 15 is 0 Å². The first kappa shape index (κ1) is 15.6. The molecule has 0 aliphatic carbocycles. The minimum atomic E-state index is -0.469. The Labute approximate surface area is 141 Å². The van der Waals surface area contributed by atoms with Crippen LogP contribution in [-0.4, -0.2) is 10.9 Å². The van der Waals surface area contributed by atoms with E-state index in [0.29, 0.717) is 5.69 Å². The van der Waals surface area contributed by atoms with Gasteiger partial charge >= 0.3 is 0 Å². The van der Waals surface area contributed by atoms with Crippen LogP contribution in [0.25, 0.3) is 16.3 Å². The molecular formula is C17H12ClFN2OS. The number of nitrogens with one attached hydrogen (secondary N) is 1. The third-order valence-electron chi connectivity index (χ3n) is 3.16. The summed E-state index contributed by atoms with van der Waals surface area (Å²) >= 11 is 7.47. The Morgan fingerprint density at radius 1 is 1.35 bits per heavy atom. The molecule has 1 aromatic heterocycles. The van der Waals surface area contributed by atoms with Gasteiger partial charge in [-0.15, -0.1) is 11.3 Å². The highest BCUT2D eigenvalue weighted by molar-refractivity contribution is 7.18. The summed E-state index contributed by atoms with van der Waals surface area (Å²) in [5.41, 5.74) is 1.76. The summed E-state index contributed by atoms with van der Waals surface area (Å²) in [5, 5.41) is 3.97. The molecule has 0 aliphatic heterocycles. The molecule has 116 valence electrons.